The molecule has 1 rings (SSSR count). The van der Waals surface area contributed by atoms with Gasteiger partial charge in [-0.3, -0.25) is 4.79 Å². The number of rotatable bonds is 4. The van der Waals surface area contributed by atoms with Gasteiger partial charge in [0.1, 0.15) is 0 Å². The van der Waals surface area contributed by atoms with Crippen molar-refractivity contribution in [3.8, 4) is 0 Å². The van der Waals surface area contributed by atoms with Crippen LogP contribution in [-0.2, 0) is 4.79 Å². The molecule has 1 fully saturated rings. The lowest BCUT2D eigenvalue weighted by Gasteiger charge is -2.34. The van der Waals surface area contributed by atoms with E-state index in [9.17, 15) is 4.79 Å². The zero-order chi connectivity index (χ0) is 12.2. The van der Waals surface area contributed by atoms with E-state index in [0.717, 1.165) is 25.8 Å². The number of carbonyl (C=O) groups excluding carboxylic acids is 1. The molecule has 2 unspecified atom stereocenters. The first-order chi connectivity index (χ1) is 7.44. The summed E-state index contributed by atoms with van der Waals surface area (Å²) in [4.78, 5) is 12.1. The molecule has 0 radical (unpaired) electrons. The molecular weight excluding hydrogens is 200 g/mol. The third kappa shape index (κ3) is 3.78. The van der Waals surface area contributed by atoms with E-state index in [-0.39, 0.29) is 17.5 Å². The number of carbonyl (C=O) groups is 1. The number of nitrogens with one attached hydrogen (secondary N) is 2. The van der Waals surface area contributed by atoms with Gasteiger partial charge in [-0.2, -0.15) is 0 Å². The molecule has 0 aromatic rings. The smallest absolute Gasteiger partial charge is 0.240 e. The highest BCUT2D eigenvalue weighted by Crippen LogP contribution is 2.19. The van der Waals surface area contributed by atoms with Crippen molar-refractivity contribution in [2.24, 2.45) is 5.92 Å². The number of piperidine rings is 1. The molecule has 94 valence electrons. The molecule has 0 aliphatic carbocycles. The van der Waals surface area contributed by atoms with Gasteiger partial charge in [0.2, 0.25) is 5.91 Å². The van der Waals surface area contributed by atoms with Crippen molar-refractivity contribution in [2.75, 3.05) is 6.54 Å². The normalized spacial score (nSPS) is 27.8. The van der Waals surface area contributed by atoms with Crippen LogP contribution in [0.4, 0.5) is 0 Å². The van der Waals surface area contributed by atoms with E-state index >= 15 is 0 Å². The minimum atomic E-state index is -0.344. The van der Waals surface area contributed by atoms with Crippen molar-refractivity contribution in [1.82, 2.24) is 10.6 Å². The Morgan fingerprint density at radius 1 is 1.38 bits per heavy atom. The first-order valence-corrected chi connectivity index (χ1v) is 6.50. The molecule has 0 aromatic heterocycles. The van der Waals surface area contributed by atoms with Crippen LogP contribution in [0.1, 0.15) is 53.4 Å². The highest BCUT2D eigenvalue weighted by molar-refractivity contribution is 5.86. The van der Waals surface area contributed by atoms with E-state index in [0.29, 0.717) is 5.92 Å². The zero-order valence-electron chi connectivity index (χ0n) is 11.1. The van der Waals surface area contributed by atoms with Crippen molar-refractivity contribution < 1.29 is 4.79 Å². The van der Waals surface area contributed by atoms with Crippen LogP contribution in [0.25, 0.3) is 0 Å². The fourth-order valence-electron chi connectivity index (χ4n) is 2.40. The summed E-state index contributed by atoms with van der Waals surface area (Å²) in [5.41, 5.74) is -0.344. The van der Waals surface area contributed by atoms with Crippen molar-refractivity contribution in [1.29, 1.82) is 0 Å². The number of hydrogen-bond donors (Lipinski definition) is 2. The van der Waals surface area contributed by atoms with Crippen molar-refractivity contribution in [2.45, 2.75) is 65.0 Å². The monoisotopic (exact) mass is 226 g/mol. The van der Waals surface area contributed by atoms with Crippen LogP contribution >= 0.6 is 0 Å². The van der Waals surface area contributed by atoms with Gasteiger partial charge in [-0.15, -0.1) is 0 Å². The van der Waals surface area contributed by atoms with Crippen molar-refractivity contribution >= 4 is 5.91 Å². The maximum Gasteiger partial charge on any atom is 0.240 e. The molecular formula is C13H26N2O. The van der Waals surface area contributed by atoms with Crippen LogP contribution in [0.3, 0.4) is 0 Å². The predicted octanol–water partition coefficient (Wildman–Crippen LogP) is 2.07. The molecule has 1 aliphatic heterocycles. The fraction of sp³-hybridized carbons (Fsp3) is 0.923. The van der Waals surface area contributed by atoms with Gasteiger partial charge in [0.25, 0.3) is 0 Å². The Kier molecular flexibility index (Phi) is 4.78. The first-order valence-electron chi connectivity index (χ1n) is 6.50. The Bertz CT molecular complexity index is 232. The minimum absolute atomic E-state index is 0.167. The molecule has 1 amide bonds. The van der Waals surface area contributed by atoms with Crippen LogP contribution < -0.4 is 10.6 Å². The summed E-state index contributed by atoms with van der Waals surface area (Å²) in [5, 5.41) is 6.46. The second kappa shape index (κ2) is 5.67. The van der Waals surface area contributed by atoms with Crippen molar-refractivity contribution in [3.63, 3.8) is 0 Å². The third-order valence-electron chi connectivity index (χ3n) is 3.32. The molecule has 3 nitrogen and oxygen atoms in total. The summed E-state index contributed by atoms with van der Waals surface area (Å²) in [7, 11) is 0. The molecule has 3 heteroatoms. The zero-order valence-corrected chi connectivity index (χ0v) is 11.1. The number of hydrogen-bond acceptors (Lipinski definition) is 2. The molecule has 2 atom stereocenters. The van der Waals surface area contributed by atoms with E-state index in [1.54, 1.807) is 0 Å². The topological polar surface area (TPSA) is 41.1 Å². The van der Waals surface area contributed by atoms with Gasteiger partial charge >= 0.3 is 0 Å². The summed E-state index contributed by atoms with van der Waals surface area (Å²) in [6.45, 7) is 9.43. The lowest BCUT2D eigenvalue weighted by molar-refractivity contribution is -0.128. The number of amides is 1. The maximum atomic E-state index is 12.1. The molecule has 0 spiro atoms. The largest absolute Gasteiger partial charge is 0.352 e. The van der Waals surface area contributed by atoms with Gasteiger partial charge in [-0.25, -0.2) is 0 Å². The third-order valence-corrected chi connectivity index (χ3v) is 3.32. The SMILES string of the molecule is CC(C)CC(C)NC(=O)C1(C)CCCCN1. The Morgan fingerprint density at radius 3 is 2.56 bits per heavy atom. The second-order valence-electron chi connectivity index (χ2n) is 5.72. The van der Waals surface area contributed by atoms with E-state index in [4.69, 9.17) is 0 Å². The average Bonchev–Trinajstić information content (AvgIpc) is 2.17. The fourth-order valence-corrected chi connectivity index (χ4v) is 2.40. The highest BCUT2D eigenvalue weighted by atomic mass is 16.2. The van der Waals surface area contributed by atoms with Gasteiger partial charge < -0.3 is 10.6 Å². The molecule has 1 saturated heterocycles. The Labute approximate surface area is 99.4 Å². The van der Waals surface area contributed by atoms with Crippen LogP contribution in [-0.4, -0.2) is 24.0 Å². The second-order valence-corrected chi connectivity index (χ2v) is 5.72. The van der Waals surface area contributed by atoms with Crippen LogP contribution in [0.5, 0.6) is 0 Å². The standard InChI is InChI=1S/C13H26N2O/c1-10(2)9-11(3)15-12(16)13(4)7-5-6-8-14-13/h10-11,14H,5-9H2,1-4H3,(H,15,16). The first kappa shape index (κ1) is 13.5. The molecule has 0 aromatic carbocycles. The molecule has 0 saturated carbocycles. The average molecular weight is 226 g/mol. The lowest BCUT2D eigenvalue weighted by Crippen LogP contribution is -2.58. The Balaban J connectivity index is 2.44. The van der Waals surface area contributed by atoms with Gasteiger partial charge in [-0.1, -0.05) is 13.8 Å². The summed E-state index contributed by atoms with van der Waals surface area (Å²) in [5.74, 6) is 0.794. The lowest BCUT2D eigenvalue weighted by atomic mass is 9.89. The molecule has 2 N–H and O–H groups in total. The highest BCUT2D eigenvalue weighted by Gasteiger charge is 2.34. The van der Waals surface area contributed by atoms with Crippen LogP contribution in [0, 0.1) is 5.92 Å². The summed E-state index contributed by atoms with van der Waals surface area (Å²) >= 11 is 0. The quantitative estimate of drug-likeness (QED) is 0.770. The van der Waals surface area contributed by atoms with Crippen LogP contribution in [0.2, 0.25) is 0 Å². The van der Waals surface area contributed by atoms with Gasteiger partial charge in [0.05, 0.1) is 5.54 Å². The van der Waals surface area contributed by atoms with E-state index in [1.807, 2.05) is 6.92 Å². The molecule has 16 heavy (non-hydrogen) atoms. The molecule has 1 heterocycles. The van der Waals surface area contributed by atoms with E-state index in [2.05, 4.69) is 31.4 Å². The van der Waals surface area contributed by atoms with E-state index < -0.39 is 0 Å². The predicted molar refractivity (Wildman–Crippen MR) is 67.3 cm³/mol. The van der Waals surface area contributed by atoms with Gasteiger partial charge in [0, 0.05) is 6.04 Å². The summed E-state index contributed by atoms with van der Waals surface area (Å²) < 4.78 is 0. The Morgan fingerprint density at radius 2 is 2.06 bits per heavy atom. The van der Waals surface area contributed by atoms with Crippen molar-refractivity contribution in [3.05, 3.63) is 0 Å². The molecule has 1 aliphatic rings. The summed E-state index contributed by atoms with van der Waals surface area (Å²) in [6.07, 6.45) is 4.33. The maximum absolute atomic E-state index is 12.1. The molecule has 0 bridgehead atoms. The minimum Gasteiger partial charge on any atom is -0.352 e. The van der Waals surface area contributed by atoms with Gasteiger partial charge in [-0.05, 0) is 52.0 Å². The van der Waals surface area contributed by atoms with E-state index in [1.165, 1.54) is 6.42 Å². The Hall–Kier alpha value is -0.570. The van der Waals surface area contributed by atoms with Gasteiger partial charge in [0.15, 0.2) is 0 Å². The van der Waals surface area contributed by atoms with Crippen LogP contribution in [0.15, 0.2) is 0 Å². The summed E-state index contributed by atoms with van der Waals surface area (Å²) in [6, 6.07) is 0.271.